The smallest absolute Gasteiger partial charge is 0.318 e. The highest BCUT2D eigenvalue weighted by Gasteiger charge is 2.05. The normalized spacial score (nSPS) is 11.1. The van der Waals surface area contributed by atoms with Crippen molar-refractivity contribution in [1.82, 2.24) is 0 Å². The van der Waals surface area contributed by atoms with Gasteiger partial charge in [-0.25, -0.2) is 4.79 Å². The van der Waals surface area contributed by atoms with Crippen molar-refractivity contribution in [1.29, 1.82) is 0 Å². The Morgan fingerprint density at radius 2 is 1.92 bits per heavy atom. The zero-order chi connectivity index (χ0) is 9.56. The Morgan fingerprint density at radius 3 is 2.33 bits per heavy atom. The lowest BCUT2D eigenvalue weighted by Crippen LogP contribution is -2.06. The fourth-order valence-corrected chi connectivity index (χ4v) is 0.429. The molecule has 0 amide bonds. The molecule has 0 spiro atoms. The molecule has 0 aliphatic rings. The van der Waals surface area contributed by atoms with E-state index in [-0.39, 0.29) is 12.2 Å². The molecule has 0 aromatic carbocycles. The Bertz CT molecular complexity index is 208. The van der Waals surface area contributed by atoms with Crippen LogP contribution in [-0.4, -0.2) is 17.5 Å². The summed E-state index contributed by atoms with van der Waals surface area (Å²) in [5, 5.41) is 3.51. The zero-order valence-corrected chi connectivity index (χ0v) is 7.59. The van der Waals surface area contributed by atoms with E-state index in [9.17, 15) is 9.59 Å². The molecule has 0 radical (unpaired) electrons. The molecule has 4 heteroatoms. The lowest BCUT2D eigenvalue weighted by atomic mass is 10.3. The van der Waals surface area contributed by atoms with Crippen molar-refractivity contribution >= 4 is 17.5 Å². The zero-order valence-electron chi connectivity index (χ0n) is 7.59. The van der Waals surface area contributed by atoms with Gasteiger partial charge in [0.15, 0.2) is 0 Å². The summed E-state index contributed by atoms with van der Waals surface area (Å²) in [6.45, 7) is 4.98. The maximum Gasteiger partial charge on any atom is 0.342 e. The second-order valence-corrected chi connectivity index (χ2v) is 2.52. The number of rotatable bonds is 4. The van der Waals surface area contributed by atoms with Gasteiger partial charge in [0.1, 0.15) is 12.2 Å². The summed E-state index contributed by atoms with van der Waals surface area (Å²) in [5.74, 6) is -0.820. The van der Waals surface area contributed by atoms with Crippen molar-refractivity contribution in [3.63, 3.8) is 0 Å². The standard InChI is InChI=1S/C8H13NO3/c1-4-6(2)9-12-8(11)5-7(3)10/h4-5H2,1-3H3/b9-6+. The Labute approximate surface area is 71.6 Å². The molecule has 0 atom stereocenters. The van der Waals surface area contributed by atoms with E-state index >= 15 is 0 Å². The molecule has 0 N–H and O–H groups in total. The molecule has 0 heterocycles. The van der Waals surface area contributed by atoms with E-state index in [4.69, 9.17) is 0 Å². The lowest BCUT2D eigenvalue weighted by Gasteiger charge is -1.95. The van der Waals surface area contributed by atoms with Crippen LogP contribution in [0.5, 0.6) is 0 Å². The van der Waals surface area contributed by atoms with Gasteiger partial charge in [0.25, 0.3) is 0 Å². The van der Waals surface area contributed by atoms with E-state index in [0.29, 0.717) is 0 Å². The van der Waals surface area contributed by atoms with Crippen LogP contribution in [0.1, 0.15) is 33.6 Å². The number of carbonyl (C=O) groups is 2. The van der Waals surface area contributed by atoms with Gasteiger partial charge in [-0.3, -0.25) is 4.79 Å². The molecule has 0 unspecified atom stereocenters. The molecular formula is C8H13NO3. The van der Waals surface area contributed by atoms with E-state index in [1.807, 2.05) is 6.92 Å². The van der Waals surface area contributed by atoms with Gasteiger partial charge in [-0.15, -0.1) is 0 Å². The first-order valence-electron chi connectivity index (χ1n) is 3.79. The number of Topliss-reactive ketones (excluding diaryl/α,β-unsaturated/α-hetero) is 1. The van der Waals surface area contributed by atoms with Gasteiger partial charge in [0.05, 0.1) is 5.71 Å². The molecule has 4 nitrogen and oxygen atoms in total. The highest BCUT2D eigenvalue weighted by molar-refractivity contribution is 5.94. The van der Waals surface area contributed by atoms with Gasteiger partial charge in [-0.1, -0.05) is 12.1 Å². The van der Waals surface area contributed by atoms with Crippen LogP contribution in [0.4, 0.5) is 0 Å². The molecule has 0 aromatic heterocycles. The van der Waals surface area contributed by atoms with Crippen molar-refractivity contribution < 1.29 is 14.4 Å². The van der Waals surface area contributed by atoms with E-state index in [0.717, 1.165) is 12.1 Å². The highest BCUT2D eigenvalue weighted by Crippen LogP contribution is 1.91. The topological polar surface area (TPSA) is 55.7 Å². The van der Waals surface area contributed by atoms with Gasteiger partial charge in [0.2, 0.25) is 0 Å². The third-order valence-electron chi connectivity index (χ3n) is 1.21. The number of hydrogen-bond donors (Lipinski definition) is 0. The van der Waals surface area contributed by atoms with Gasteiger partial charge >= 0.3 is 5.97 Å². The molecule has 0 rings (SSSR count). The molecule has 0 saturated carbocycles. The monoisotopic (exact) mass is 171 g/mol. The predicted octanol–water partition coefficient (Wildman–Crippen LogP) is 1.29. The first-order chi connectivity index (χ1) is 5.56. The molecule has 0 aliphatic carbocycles. The number of carbonyl (C=O) groups excluding carboxylic acids is 2. The van der Waals surface area contributed by atoms with Crippen LogP contribution in [-0.2, 0) is 14.4 Å². The second kappa shape index (κ2) is 5.46. The first kappa shape index (κ1) is 10.8. The molecule has 0 aliphatic heterocycles. The minimum absolute atomic E-state index is 0.208. The van der Waals surface area contributed by atoms with Crippen LogP contribution >= 0.6 is 0 Å². The molecule has 68 valence electrons. The van der Waals surface area contributed by atoms with Crippen LogP contribution in [0.25, 0.3) is 0 Å². The Balaban J connectivity index is 3.78. The molecule has 0 aromatic rings. The minimum atomic E-state index is -0.602. The summed E-state index contributed by atoms with van der Waals surface area (Å²) < 4.78 is 0. The van der Waals surface area contributed by atoms with Crippen LogP contribution in [0.2, 0.25) is 0 Å². The van der Waals surface area contributed by atoms with Gasteiger partial charge in [-0.05, 0) is 20.3 Å². The summed E-state index contributed by atoms with van der Waals surface area (Å²) in [5.41, 5.74) is 0.729. The second-order valence-electron chi connectivity index (χ2n) is 2.52. The predicted molar refractivity (Wildman–Crippen MR) is 44.8 cm³/mol. The van der Waals surface area contributed by atoms with E-state index < -0.39 is 5.97 Å². The summed E-state index contributed by atoms with van der Waals surface area (Å²) >= 11 is 0. The van der Waals surface area contributed by atoms with Crippen LogP contribution in [0, 0.1) is 0 Å². The third-order valence-corrected chi connectivity index (χ3v) is 1.21. The maximum atomic E-state index is 10.7. The maximum absolute atomic E-state index is 10.7. The SMILES string of the molecule is CC/C(C)=N/OC(=O)CC(C)=O. The van der Waals surface area contributed by atoms with Crippen LogP contribution in [0.3, 0.4) is 0 Å². The fraction of sp³-hybridized carbons (Fsp3) is 0.625. The van der Waals surface area contributed by atoms with Crippen LogP contribution in [0.15, 0.2) is 5.16 Å². The molecule has 0 fully saturated rings. The highest BCUT2D eigenvalue weighted by atomic mass is 16.7. The largest absolute Gasteiger partial charge is 0.342 e. The Hall–Kier alpha value is -1.19. The average molecular weight is 171 g/mol. The van der Waals surface area contributed by atoms with Gasteiger partial charge < -0.3 is 4.84 Å². The summed E-state index contributed by atoms with van der Waals surface area (Å²) in [6, 6.07) is 0. The number of nitrogens with zero attached hydrogens (tertiary/aromatic N) is 1. The fourth-order valence-electron chi connectivity index (χ4n) is 0.429. The average Bonchev–Trinajstić information content (AvgIpc) is 1.99. The summed E-state index contributed by atoms with van der Waals surface area (Å²) in [7, 11) is 0. The Kier molecular flexibility index (Phi) is 4.92. The van der Waals surface area contributed by atoms with Gasteiger partial charge in [-0.2, -0.15) is 0 Å². The summed E-state index contributed by atoms with van der Waals surface area (Å²) in [6.07, 6.45) is 0.522. The van der Waals surface area contributed by atoms with E-state index in [1.165, 1.54) is 6.92 Å². The first-order valence-corrected chi connectivity index (χ1v) is 3.79. The van der Waals surface area contributed by atoms with Crippen molar-refractivity contribution in [3.05, 3.63) is 0 Å². The Morgan fingerprint density at radius 1 is 1.33 bits per heavy atom. The molecule has 0 bridgehead atoms. The van der Waals surface area contributed by atoms with E-state index in [2.05, 4.69) is 9.99 Å². The van der Waals surface area contributed by atoms with Crippen molar-refractivity contribution in [2.75, 3.05) is 0 Å². The van der Waals surface area contributed by atoms with Crippen LogP contribution < -0.4 is 0 Å². The number of hydrogen-bond acceptors (Lipinski definition) is 4. The van der Waals surface area contributed by atoms with Crippen molar-refractivity contribution in [3.8, 4) is 0 Å². The van der Waals surface area contributed by atoms with E-state index in [1.54, 1.807) is 6.92 Å². The number of ketones is 1. The van der Waals surface area contributed by atoms with Crippen molar-refractivity contribution in [2.45, 2.75) is 33.6 Å². The lowest BCUT2D eigenvalue weighted by molar-refractivity contribution is -0.145. The molecular weight excluding hydrogens is 158 g/mol. The summed E-state index contributed by atoms with van der Waals surface area (Å²) in [4.78, 5) is 25.6. The quantitative estimate of drug-likeness (QED) is 0.277. The third kappa shape index (κ3) is 5.58. The van der Waals surface area contributed by atoms with Gasteiger partial charge in [0, 0.05) is 0 Å². The molecule has 0 saturated heterocycles. The minimum Gasteiger partial charge on any atom is -0.318 e. The molecule has 12 heavy (non-hydrogen) atoms. The number of oxime groups is 1. The van der Waals surface area contributed by atoms with Crippen molar-refractivity contribution in [2.24, 2.45) is 5.16 Å².